The molecule has 0 fully saturated rings. The minimum Gasteiger partial charge on any atom is -0.380 e. The number of hydrogen-bond donors (Lipinski definition) is 1. The Hall–Kier alpha value is -0.680. The van der Waals surface area contributed by atoms with E-state index in [0.717, 1.165) is 29.4 Å². The lowest BCUT2D eigenvalue weighted by Crippen LogP contribution is -2.11. The molecule has 90 valence electrons. The number of ether oxygens (including phenoxy) is 1. The molecule has 5 heteroatoms. The van der Waals surface area contributed by atoms with Crippen molar-refractivity contribution < 1.29 is 4.74 Å². The Morgan fingerprint density at radius 3 is 2.81 bits per heavy atom. The van der Waals surface area contributed by atoms with E-state index in [1.165, 1.54) is 0 Å². The Balaban J connectivity index is 2.58. The summed E-state index contributed by atoms with van der Waals surface area (Å²) in [5.41, 5.74) is 0. The molecule has 1 heterocycles. The van der Waals surface area contributed by atoms with Crippen molar-refractivity contribution in [3.63, 3.8) is 0 Å². The maximum absolute atomic E-state index is 5.25. The lowest BCUT2D eigenvalue weighted by molar-refractivity contribution is 0.158. The molecule has 0 unspecified atom stereocenters. The molecule has 0 radical (unpaired) electrons. The summed E-state index contributed by atoms with van der Waals surface area (Å²) in [6.07, 6.45) is 0. The zero-order valence-electron chi connectivity index (χ0n) is 9.96. The third-order valence-electron chi connectivity index (χ3n) is 1.99. The molecule has 0 aliphatic carbocycles. The normalized spacial score (nSPS) is 10.8. The maximum Gasteiger partial charge on any atom is 0.134 e. The van der Waals surface area contributed by atoms with Crippen LogP contribution in [0.25, 0.3) is 0 Å². The van der Waals surface area contributed by atoms with E-state index in [1.807, 2.05) is 13.0 Å². The smallest absolute Gasteiger partial charge is 0.134 e. The number of aromatic nitrogens is 2. The highest BCUT2D eigenvalue weighted by Gasteiger charge is 2.06. The van der Waals surface area contributed by atoms with E-state index in [-0.39, 0.29) is 0 Å². The summed E-state index contributed by atoms with van der Waals surface area (Å²) in [7, 11) is 0. The van der Waals surface area contributed by atoms with Gasteiger partial charge in [0.2, 0.25) is 0 Å². The van der Waals surface area contributed by atoms with Crippen molar-refractivity contribution in [1.29, 1.82) is 0 Å². The second-order valence-corrected chi connectivity index (χ2v) is 4.52. The van der Waals surface area contributed by atoms with Gasteiger partial charge in [-0.3, -0.25) is 0 Å². The summed E-state index contributed by atoms with van der Waals surface area (Å²) >= 11 is 3.38. The van der Waals surface area contributed by atoms with Crippen LogP contribution in [0.15, 0.2) is 10.7 Å². The molecule has 1 aromatic heterocycles. The van der Waals surface area contributed by atoms with E-state index in [4.69, 9.17) is 4.74 Å². The predicted octanol–water partition coefficient (Wildman–Crippen LogP) is 2.81. The van der Waals surface area contributed by atoms with Gasteiger partial charge in [-0.25, -0.2) is 9.97 Å². The van der Waals surface area contributed by atoms with Gasteiger partial charge in [-0.1, -0.05) is 13.8 Å². The second kappa shape index (κ2) is 6.81. The molecule has 0 saturated heterocycles. The number of hydrogen-bond acceptors (Lipinski definition) is 4. The van der Waals surface area contributed by atoms with Crippen molar-refractivity contribution >= 4 is 21.7 Å². The van der Waals surface area contributed by atoms with Crippen LogP contribution in [-0.4, -0.2) is 29.7 Å². The van der Waals surface area contributed by atoms with Crippen molar-refractivity contribution in [1.82, 2.24) is 9.97 Å². The average molecular weight is 288 g/mol. The molecule has 0 atom stereocenters. The van der Waals surface area contributed by atoms with Crippen molar-refractivity contribution in [3.8, 4) is 0 Å². The van der Waals surface area contributed by atoms with Crippen LogP contribution in [-0.2, 0) is 4.74 Å². The fraction of sp³-hybridized carbons (Fsp3) is 0.636. The Labute approximate surface area is 105 Å². The van der Waals surface area contributed by atoms with Crippen LogP contribution >= 0.6 is 15.9 Å². The van der Waals surface area contributed by atoms with Crippen molar-refractivity contribution in [3.05, 3.63) is 16.5 Å². The first-order chi connectivity index (χ1) is 7.63. The van der Waals surface area contributed by atoms with Crippen LogP contribution in [0.4, 0.5) is 5.82 Å². The van der Waals surface area contributed by atoms with E-state index in [1.54, 1.807) is 0 Å². The number of nitrogens with zero attached hydrogens (tertiary/aromatic N) is 2. The monoisotopic (exact) mass is 287 g/mol. The lowest BCUT2D eigenvalue weighted by Gasteiger charge is -2.09. The molecule has 0 bridgehead atoms. The van der Waals surface area contributed by atoms with Gasteiger partial charge in [0, 0.05) is 25.1 Å². The Bertz CT molecular complexity index is 331. The van der Waals surface area contributed by atoms with Crippen molar-refractivity contribution in [2.24, 2.45) is 0 Å². The summed E-state index contributed by atoms with van der Waals surface area (Å²) < 4.78 is 6.06. The van der Waals surface area contributed by atoms with Gasteiger partial charge < -0.3 is 10.1 Å². The van der Waals surface area contributed by atoms with Crippen LogP contribution in [0.3, 0.4) is 0 Å². The topological polar surface area (TPSA) is 47.0 Å². The number of rotatable bonds is 6. The van der Waals surface area contributed by atoms with Crippen LogP contribution in [0.2, 0.25) is 0 Å². The standard InChI is InChI=1S/C11H18BrN3O/c1-4-16-6-5-13-10-7-9(12)14-11(15-10)8(2)3/h7-8H,4-6H2,1-3H3,(H,13,14,15). The highest BCUT2D eigenvalue weighted by Crippen LogP contribution is 2.17. The van der Waals surface area contributed by atoms with Crippen LogP contribution in [0.5, 0.6) is 0 Å². The average Bonchev–Trinajstić information content (AvgIpc) is 2.23. The van der Waals surface area contributed by atoms with E-state index >= 15 is 0 Å². The minimum atomic E-state index is 0.324. The molecule has 0 spiro atoms. The molecule has 1 N–H and O–H groups in total. The largest absolute Gasteiger partial charge is 0.380 e. The van der Waals surface area contributed by atoms with Crippen LogP contribution < -0.4 is 5.32 Å². The Kier molecular flexibility index (Phi) is 5.69. The summed E-state index contributed by atoms with van der Waals surface area (Å²) in [4.78, 5) is 8.74. The summed E-state index contributed by atoms with van der Waals surface area (Å²) in [6, 6.07) is 1.87. The van der Waals surface area contributed by atoms with Crippen molar-refractivity contribution in [2.45, 2.75) is 26.7 Å². The first kappa shape index (κ1) is 13.4. The van der Waals surface area contributed by atoms with Crippen LogP contribution in [0.1, 0.15) is 32.5 Å². The summed E-state index contributed by atoms with van der Waals surface area (Å²) in [5, 5.41) is 3.21. The molecule has 1 aromatic rings. The molecule has 0 aliphatic heterocycles. The molecule has 0 amide bonds. The van der Waals surface area contributed by atoms with Gasteiger partial charge in [-0.15, -0.1) is 0 Å². The van der Waals surface area contributed by atoms with Gasteiger partial charge in [0.25, 0.3) is 0 Å². The fourth-order valence-electron chi connectivity index (χ4n) is 1.18. The molecule has 0 saturated carbocycles. The second-order valence-electron chi connectivity index (χ2n) is 3.71. The lowest BCUT2D eigenvalue weighted by atomic mass is 10.2. The van der Waals surface area contributed by atoms with E-state index in [2.05, 4.69) is 45.1 Å². The molecule has 1 rings (SSSR count). The summed E-state index contributed by atoms with van der Waals surface area (Å²) in [6.45, 7) is 8.33. The first-order valence-corrected chi connectivity index (χ1v) is 6.29. The number of anilines is 1. The zero-order valence-corrected chi connectivity index (χ0v) is 11.5. The quantitative estimate of drug-likeness (QED) is 0.646. The van der Waals surface area contributed by atoms with Gasteiger partial charge in [0.15, 0.2) is 0 Å². The van der Waals surface area contributed by atoms with Gasteiger partial charge >= 0.3 is 0 Å². The first-order valence-electron chi connectivity index (χ1n) is 5.49. The summed E-state index contributed by atoms with van der Waals surface area (Å²) in [5.74, 6) is 2.00. The number of nitrogens with one attached hydrogen (secondary N) is 1. The Morgan fingerprint density at radius 2 is 2.19 bits per heavy atom. The SMILES string of the molecule is CCOCCNc1cc(Br)nc(C(C)C)n1. The van der Waals surface area contributed by atoms with Gasteiger partial charge in [-0.2, -0.15) is 0 Å². The molecule has 16 heavy (non-hydrogen) atoms. The number of halogens is 1. The zero-order chi connectivity index (χ0) is 12.0. The van der Waals surface area contributed by atoms with Crippen LogP contribution in [0, 0.1) is 0 Å². The highest BCUT2D eigenvalue weighted by molar-refractivity contribution is 9.10. The van der Waals surface area contributed by atoms with E-state index in [9.17, 15) is 0 Å². The molecular weight excluding hydrogens is 270 g/mol. The van der Waals surface area contributed by atoms with Gasteiger partial charge in [-0.05, 0) is 22.9 Å². The third-order valence-corrected chi connectivity index (χ3v) is 2.39. The predicted molar refractivity (Wildman–Crippen MR) is 68.8 cm³/mol. The van der Waals surface area contributed by atoms with E-state index in [0.29, 0.717) is 12.5 Å². The van der Waals surface area contributed by atoms with Gasteiger partial charge in [0.05, 0.1) is 6.61 Å². The van der Waals surface area contributed by atoms with Gasteiger partial charge in [0.1, 0.15) is 16.2 Å². The molecule has 0 aromatic carbocycles. The minimum absolute atomic E-state index is 0.324. The van der Waals surface area contributed by atoms with E-state index < -0.39 is 0 Å². The fourth-order valence-corrected chi connectivity index (χ4v) is 1.58. The molecule has 0 aliphatic rings. The maximum atomic E-state index is 5.25. The molecule has 4 nitrogen and oxygen atoms in total. The highest BCUT2D eigenvalue weighted by atomic mass is 79.9. The third kappa shape index (κ3) is 4.45. The van der Waals surface area contributed by atoms with Crippen molar-refractivity contribution in [2.75, 3.05) is 25.1 Å². The molecular formula is C11H18BrN3O. The Morgan fingerprint density at radius 1 is 1.44 bits per heavy atom.